The first-order valence-electron chi connectivity index (χ1n) is 8.22. The summed E-state index contributed by atoms with van der Waals surface area (Å²) in [6.07, 6.45) is 7.42. The first-order chi connectivity index (χ1) is 9.74. The number of benzene rings is 1. The molecule has 2 N–H and O–H groups in total. The zero-order valence-corrected chi connectivity index (χ0v) is 13.0. The largest absolute Gasteiger partial charge is 0.494 e. The van der Waals surface area contributed by atoms with Crippen LogP contribution >= 0.6 is 0 Å². The monoisotopic (exact) mass is 275 g/mol. The van der Waals surface area contributed by atoms with E-state index in [-0.39, 0.29) is 0 Å². The molecule has 0 heterocycles. The van der Waals surface area contributed by atoms with Crippen LogP contribution < -0.4 is 10.5 Å². The smallest absolute Gasteiger partial charge is 0.119 e. The van der Waals surface area contributed by atoms with Gasteiger partial charge in [0.25, 0.3) is 0 Å². The van der Waals surface area contributed by atoms with Crippen molar-refractivity contribution in [1.29, 1.82) is 0 Å². The van der Waals surface area contributed by atoms with Gasteiger partial charge in [-0.1, -0.05) is 38.8 Å². The molecule has 0 aromatic heterocycles. The fourth-order valence-corrected chi connectivity index (χ4v) is 3.37. The molecule has 2 rings (SSSR count). The molecule has 0 saturated heterocycles. The second-order valence-electron chi connectivity index (χ2n) is 6.16. The molecular weight excluding hydrogens is 246 g/mol. The third-order valence-corrected chi connectivity index (χ3v) is 4.49. The molecule has 2 nitrogen and oxygen atoms in total. The standard InChI is InChI=1S/C18H29NO/c1-3-5-14-6-11-18(19)17(13-14)15-7-9-16(10-8-15)20-12-4-2/h7-10,14,17-18H,3-6,11-13,19H2,1-2H3. The summed E-state index contributed by atoms with van der Waals surface area (Å²) in [5.74, 6) is 2.37. The van der Waals surface area contributed by atoms with E-state index in [4.69, 9.17) is 10.5 Å². The van der Waals surface area contributed by atoms with Crippen molar-refractivity contribution in [2.75, 3.05) is 6.61 Å². The van der Waals surface area contributed by atoms with Crippen LogP contribution in [-0.4, -0.2) is 12.6 Å². The fraction of sp³-hybridized carbons (Fsp3) is 0.667. The molecular formula is C18H29NO. The zero-order valence-electron chi connectivity index (χ0n) is 13.0. The van der Waals surface area contributed by atoms with Crippen LogP contribution in [0.5, 0.6) is 5.75 Å². The highest BCUT2D eigenvalue weighted by molar-refractivity contribution is 5.30. The van der Waals surface area contributed by atoms with Crippen molar-refractivity contribution in [1.82, 2.24) is 0 Å². The summed E-state index contributed by atoms with van der Waals surface area (Å²) < 4.78 is 5.65. The van der Waals surface area contributed by atoms with E-state index in [1.54, 1.807) is 0 Å². The maximum atomic E-state index is 6.36. The molecule has 3 atom stereocenters. The highest BCUT2D eigenvalue weighted by atomic mass is 16.5. The minimum Gasteiger partial charge on any atom is -0.494 e. The Balaban J connectivity index is 2.01. The van der Waals surface area contributed by atoms with Gasteiger partial charge in [-0.2, -0.15) is 0 Å². The van der Waals surface area contributed by atoms with Crippen molar-refractivity contribution in [2.24, 2.45) is 11.7 Å². The van der Waals surface area contributed by atoms with Crippen LogP contribution in [0.4, 0.5) is 0 Å². The van der Waals surface area contributed by atoms with Gasteiger partial charge in [0.05, 0.1) is 6.61 Å². The predicted octanol–water partition coefficient (Wildman–Crippen LogP) is 4.49. The fourth-order valence-electron chi connectivity index (χ4n) is 3.37. The summed E-state index contributed by atoms with van der Waals surface area (Å²) in [4.78, 5) is 0. The summed E-state index contributed by atoms with van der Waals surface area (Å²) in [5.41, 5.74) is 7.75. The summed E-state index contributed by atoms with van der Waals surface area (Å²) >= 11 is 0. The molecule has 1 saturated carbocycles. The molecule has 0 spiro atoms. The van der Waals surface area contributed by atoms with Crippen LogP contribution in [0.1, 0.15) is 63.9 Å². The number of hydrogen-bond donors (Lipinski definition) is 1. The lowest BCUT2D eigenvalue weighted by molar-refractivity contribution is 0.274. The third-order valence-electron chi connectivity index (χ3n) is 4.49. The Kier molecular flexibility index (Phi) is 5.90. The van der Waals surface area contributed by atoms with Crippen molar-refractivity contribution in [3.63, 3.8) is 0 Å². The maximum absolute atomic E-state index is 6.36. The lowest BCUT2D eigenvalue weighted by Gasteiger charge is -2.34. The highest BCUT2D eigenvalue weighted by Gasteiger charge is 2.28. The van der Waals surface area contributed by atoms with Crippen molar-refractivity contribution < 1.29 is 4.74 Å². The first kappa shape index (κ1) is 15.4. The van der Waals surface area contributed by atoms with Crippen LogP contribution in [0.2, 0.25) is 0 Å². The van der Waals surface area contributed by atoms with E-state index in [1.165, 1.54) is 37.7 Å². The van der Waals surface area contributed by atoms with Gasteiger partial charge in [0.15, 0.2) is 0 Å². The minimum atomic E-state index is 0.325. The number of ether oxygens (including phenoxy) is 1. The molecule has 1 aliphatic rings. The molecule has 20 heavy (non-hydrogen) atoms. The average molecular weight is 275 g/mol. The van der Waals surface area contributed by atoms with Gasteiger partial charge < -0.3 is 10.5 Å². The number of hydrogen-bond acceptors (Lipinski definition) is 2. The van der Waals surface area contributed by atoms with Crippen molar-refractivity contribution in [3.05, 3.63) is 29.8 Å². The van der Waals surface area contributed by atoms with E-state index in [9.17, 15) is 0 Å². The van der Waals surface area contributed by atoms with E-state index in [1.807, 2.05) is 0 Å². The molecule has 3 unspecified atom stereocenters. The van der Waals surface area contributed by atoms with Gasteiger partial charge in [-0.15, -0.1) is 0 Å². The summed E-state index contributed by atoms with van der Waals surface area (Å²) in [6, 6.07) is 8.95. The lowest BCUT2D eigenvalue weighted by atomic mass is 9.74. The SMILES string of the molecule is CCCOc1ccc(C2CC(CCC)CCC2N)cc1. The summed E-state index contributed by atoms with van der Waals surface area (Å²) in [6.45, 7) is 5.20. The Labute approximate surface area is 123 Å². The van der Waals surface area contributed by atoms with E-state index < -0.39 is 0 Å². The second-order valence-corrected chi connectivity index (χ2v) is 6.16. The molecule has 1 fully saturated rings. The Morgan fingerprint density at radius 2 is 1.85 bits per heavy atom. The maximum Gasteiger partial charge on any atom is 0.119 e. The van der Waals surface area contributed by atoms with Gasteiger partial charge in [0.1, 0.15) is 5.75 Å². The van der Waals surface area contributed by atoms with E-state index in [0.29, 0.717) is 12.0 Å². The molecule has 1 aromatic rings. The van der Waals surface area contributed by atoms with Gasteiger partial charge in [0, 0.05) is 6.04 Å². The predicted molar refractivity (Wildman–Crippen MR) is 85.2 cm³/mol. The van der Waals surface area contributed by atoms with Crippen molar-refractivity contribution in [3.8, 4) is 5.75 Å². The van der Waals surface area contributed by atoms with Gasteiger partial charge in [0.2, 0.25) is 0 Å². The summed E-state index contributed by atoms with van der Waals surface area (Å²) in [7, 11) is 0. The quantitative estimate of drug-likeness (QED) is 0.830. The highest BCUT2D eigenvalue weighted by Crippen LogP contribution is 2.37. The Morgan fingerprint density at radius 3 is 2.50 bits per heavy atom. The van der Waals surface area contributed by atoms with Crippen LogP contribution in [0.15, 0.2) is 24.3 Å². The third kappa shape index (κ3) is 3.99. The van der Waals surface area contributed by atoms with E-state index in [2.05, 4.69) is 38.1 Å². The van der Waals surface area contributed by atoms with Crippen LogP contribution in [-0.2, 0) is 0 Å². The molecule has 0 radical (unpaired) electrons. The molecule has 0 aliphatic heterocycles. The normalized spacial score (nSPS) is 26.4. The van der Waals surface area contributed by atoms with E-state index in [0.717, 1.165) is 24.7 Å². The molecule has 0 amide bonds. The van der Waals surface area contributed by atoms with Crippen molar-refractivity contribution in [2.45, 2.75) is 64.3 Å². The topological polar surface area (TPSA) is 35.2 Å². The number of nitrogens with two attached hydrogens (primary N) is 1. The summed E-state index contributed by atoms with van der Waals surface area (Å²) in [5, 5.41) is 0. The second kappa shape index (κ2) is 7.68. The Bertz CT molecular complexity index is 387. The van der Waals surface area contributed by atoms with Gasteiger partial charge in [-0.05, 0) is 55.2 Å². The van der Waals surface area contributed by atoms with E-state index >= 15 is 0 Å². The van der Waals surface area contributed by atoms with Gasteiger partial charge in [-0.3, -0.25) is 0 Å². The zero-order chi connectivity index (χ0) is 14.4. The minimum absolute atomic E-state index is 0.325. The van der Waals surface area contributed by atoms with Crippen LogP contribution in [0.25, 0.3) is 0 Å². The van der Waals surface area contributed by atoms with Crippen LogP contribution in [0.3, 0.4) is 0 Å². The first-order valence-corrected chi connectivity index (χ1v) is 8.22. The number of rotatable bonds is 6. The van der Waals surface area contributed by atoms with Crippen molar-refractivity contribution >= 4 is 0 Å². The van der Waals surface area contributed by atoms with Gasteiger partial charge >= 0.3 is 0 Å². The molecule has 1 aromatic carbocycles. The molecule has 1 aliphatic carbocycles. The Morgan fingerprint density at radius 1 is 1.10 bits per heavy atom. The van der Waals surface area contributed by atoms with Crippen LogP contribution in [0, 0.1) is 5.92 Å². The Hall–Kier alpha value is -1.02. The molecule has 2 heteroatoms. The molecule has 0 bridgehead atoms. The lowest BCUT2D eigenvalue weighted by Crippen LogP contribution is -2.34. The average Bonchev–Trinajstić information content (AvgIpc) is 2.48. The van der Waals surface area contributed by atoms with Gasteiger partial charge in [-0.25, -0.2) is 0 Å². The molecule has 112 valence electrons.